The molecule has 0 aliphatic heterocycles. The van der Waals surface area contributed by atoms with Crippen LogP contribution in [0.2, 0.25) is 0 Å². The number of benzene rings is 1. The van der Waals surface area contributed by atoms with Gasteiger partial charge in [-0.05, 0) is 30.0 Å². The molecule has 0 aromatic heterocycles. The molecule has 0 N–H and O–H groups in total. The molecule has 0 heterocycles. The highest BCUT2D eigenvalue weighted by atomic mass is 79.9. The monoisotopic (exact) mass is 310 g/mol. The Hall–Kier alpha value is -0.710. The molecule has 17 heavy (non-hydrogen) atoms. The summed E-state index contributed by atoms with van der Waals surface area (Å²) in [6, 6.07) is 6.00. The van der Waals surface area contributed by atoms with Crippen LogP contribution in [-0.2, 0) is 6.42 Å². The van der Waals surface area contributed by atoms with E-state index in [0.29, 0.717) is 10.7 Å². The Morgan fingerprint density at radius 2 is 1.71 bits per heavy atom. The molecule has 1 aromatic rings. The molecule has 0 saturated heterocycles. The molecule has 1 aromatic carbocycles. The highest BCUT2D eigenvalue weighted by molar-refractivity contribution is 9.09. The van der Waals surface area contributed by atoms with Crippen LogP contribution in [0.3, 0.4) is 0 Å². The molecule has 2 unspecified atom stereocenters. The van der Waals surface area contributed by atoms with Gasteiger partial charge in [0.05, 0.1) is 0 Å². The van der Waals surface area contributed by atoms with E-state index >= 15 is 0 Å². The van der Waals surface area contributed by atoms with E-state index in [0.717, 1.165) is 12.0 Å². The van der Waals surface area contributed by atoms with Crippen molar-refractivity contribution in [3.63, 3.8) is 0 Å². The maximum Gasteiger partial charge on any atom is 0.573 e. The van der Waals surface area contributed by atoms with E-state index in [1.807, 2.05) is 6.92 Å². The molecule has 0 aliphatic carbocycles. The third-order valence-corrected chi connectivity index (χ3v) is 3.40. The van der Waals surface area contributed by atoms with Crippen LogP contribution in [0.25, 0.3) is 0 Å². The van der Waals surface area contributed by atoms with Gasteiger partial charge < -0.3 is 4.74 Å². The summed E-state index contributed by atoms with van der Waals surface area (Å²) in [5.74, 6) is 0.241. The van der Waals surface area contributed by atoms with Crippen LogP contribution in [0.1, 0.15) is 19.4 Å². The van der Waals surface area contributed by atoms with Crippen LogP contribution in [0.5, 0.6) is 5.75 Å². The largest absolute Gasteiger partial charge is 0.573 e. The molecule has 0 spiro atoms. The smallest absolute Gasteiger partial charge is 0.406 e. The fourth-order valence-electron chi connectivity index (χ4n) is 1.36. The van der Waals surface area contributed by atoms with Gasteiger partial charge in [-0.2, -0.15) is 0 Å². The van der Waals surface area contributed by atoms with Crippen LogP contribution >= 0.6 is 15.9 Å². The summed E-state index contributed by atoms with van der Waals surface area (Å²) >= 11 is 3.48. The summed E-state index contributed by atoms with van der Waals surface area (Å²) in [6.07, 6.45) is -3.81. The predicted molar refractivity (Wildman–Crippen MR) is 64.4 cm³/mol. The maximum absolute atomic E-state index is 11.9. The Labute approximate surface area is 107 Å². The summed E-state index contributed by atoms with van der Waals surface area (Å²) in [6.45, 7) is 4.13. The van der Waals surface area contributed by atoms with Crippen LogP contribution in [0, 0.1) is 5.92 Å². The van der Waals surface area contributed by atoms with Gasteiger partial charge in [0.25, 0.3) is 0 Å². The minimum absolute atomic E-state index is 0.180. The fourth-order valence-corrected chi connectivity index (χ4v) is 1.55. The van der Waals surface area contributed by atoms with E-state index in [1.165, 1.54) is 12.1 Å². The van der Waals surface area contributed by atoms with Gasteiger partial charge >= 0.3 is 6.36 Å². The van der Waals surface area contributed by atoms with Crippen LogP contribution in [-0.4, -0.2) is 11.2 Å². The van der Waals surface area contributed by atoms with E-state index in [4.69, 9.17) is 0 Å². The number of hydrogen-bond donors (Lipinski definition) is 0. The first-order chi connectivity index (χ1) is 7.78. The summed E-state index contributed by atoms with van der Waals surface area (Å²) in [5.41, 5.74) is 0.998. The van der Waals surface area contributed by atoms with Crippen molar-refractivity contribution in [2.45, 2.75) is 31.5 Å². The van der Waals surface area contributed by atoms with Gasteiger partial charge in [0, 0.05) is 4.83 Å². The first-order valence-electron chi connectivity index (χ1n) is 5.26. The topological polar surface area (TPSA) is 9.23 Å². The molecule has 1 nitrogen and oxygen atoms in total. The van der Waals surface area contributed by atoms with Gasteiger partial charge in [-0.3, -0.25) is 0 Å². The van der Waals surface area contributed by atoms with Gasteiger partial charge in [0.2, 0.25) is 0 Å². The SMILES string of the molecule is CC(Br)C(C)Cc1ccc(OC(F)(F)F)cc1. The lowest BCUT2D eigenvalue weighted by Crippen LogP contribution is -2.17. The third-order valence-electron chi connectivity index (χ3n) is 2.50. The highest BCUT2D eigenvalue weighted by Crippen LogP contribution is 2.24. The van der Waals surface area contributed by atoms with E-state index in [1.54, 1.807) is 12.1 Å². The Kier molecular flexibility index (Phi) is 4.86. The normalized spacial score (nSPS) is 15.4. The zero-order valence-corrected chi connectivity index (χ0v) is 11.2. The van der Waals surface area contributed by atoms with E-state index in [9.17, 15) is 13.2 Å². The van der Waals surface area contributed by atoms with Crippen molar-refractivity contribution in [1.29, 1.82) is 0 Å². The molecule has 96 valence electrons. The lowest BCUT2D eigenvalue weighted by molar-refractivity contribution is -0.274. The van der Waals surface area contributed by atoms with Gasteiger partial charge in [-0.15, -0.1) is 13.2 Å². The highest BCUT2D eigenvalue weighted by Gasteiger charge is 2.30. The molecule has 0 bridgehead atoms. The standard InChI is InChI=1S/C12H14BrF3O/c1-8(9(2)13)7-10-3-5-11(6-4-10)17-12(14,15)16/h3-6,8-9H,7H2,1-2H3. The first-order valence-corrected chi connectivity index (χ1v) is 6.18. The summed E-state index contributed by atoms with van der Waals surface area (Å²) in [7, 11) is 0. The lowest BCUT2D eigenvalue weighted by atomic mass is 9.99. The fraction of sp³-hybridized carbons (Fsp3) is 0.500. The second-order valence-electron chi connectivity index (χ2n) is 4.05. The predicted octanol–water partition coefficient (Wildman–Crippen LogP) is 4.55. The van der Waals surface area contributed by atoms with Gasteiger partial charge in [0.1, 0.15) is 5.75 Å². The molecular formula is C12H14BrF3O. The van der Waals surface area contributed by atoms with Crippen molar-refractivity contribution in [1.82, 2.24) is 0 Å². The van der Waals surface area contributed by atoms with Crippen molar-refractivity contribution in [3.8, 4) is 5.75 Å². The molecule has 0 saturated carbocycles. The first kappa shape index (κ1) is 14.4. The zero-order valence-electron chi connectivity index (χ0n) is 9.59. The number of hydrogen-bond acceptors (Lipinski definition) is 1. The second kappa shape index (κ2) is 5.76. The number of alkyl halides is 4. The number of rotatable bonds is 4. The van der Waals surface area contributed by atoms with Crippen molar-refractivity contribution >= 4 is 15.9 Å². The third kappa shape index (κ3) is 5.44. The van der Waals surface area contributed by atoms with Crippen molar-refractivity contribution in [3.05, 3.63) is 29.8 Å². The molecule has 1 rings (SSSR count). The van der Waals surface area contributed by atoms with E-state index in [2.05, 4.69) is 27.6 Å². The van der Waals surface area contributed by atoms with Gasteiger partial charge in [-0.25, -0.2) is 0 Å². The summed E-state index contributed by atoms with van der Waals surface area (Å²) in [5, 5.41) is 0. The quantitative estimate of drug-likeness (QED) is 0.741. The van der Waals surface area contributed by atoms with E-state index < -0.39 is 6.36 Å². The van der Waals surface area contributed by atoms with Crippen molar-refractivity contribution in [2.75, 3.05) is 0 Å². The summed E-state index contributed by atoms with van der Waals surface area (Å²) in [4.78, 5) is 0.369. The van der Waals surface area contributed by atoms with Gasteiger partial charge in [0.15, 0.2) is 0 Å². The van der Waals surface area contributed by atoms with Crippen LogP contribution < -0.4 is 4.74 Å². The Bertz CT molecular complexity index is 346. The second-order valence-corrected chi connectivity index (χ2v) is 5.50. The molecule has 0 radical (unpaired) electrons. The minimum Gasteiger partial charge on any atom is -0.406 e. The molecule has 0 fully saturated rings. The number of ether oxygens (including phenoxy) is 1. The van der Waals surface area contributed by atoms with Crippen LogP contribution in [0.4, 0.5) is 13.2 Å². The van der Waals surface area contributed by atoms with Crippen molar-refractivity contribution < 1.29 is 17.9 Å². The minimum atomic E-state index is -4.63. The average Bonchev–Trinajstić information content (AvgIpc) is 2.18. The maximum atomic E-state index is 11.9. The molecule has 2 atom stereocenters. The summed E-state index contributed by atoms with van der Waals surface area (Å²) < 4.78 is 39.6. The molecular weight excluding hydrogens is 297 g/mol. The van der Waals surface area contributed by atoms with Crippen LogP contribution in [0.15, 0.2) is 24.3 Å². The Balaban J connectivity index is 2.62. The zero-order chi connectivity index (χ0) is 13.1. The number of halogens is 4. The lowest BCUT2D eigenvalue weighted by Gasteiger charge is -2.14. The van der Waals surface area contributed by atoms with Gasteiger partial charge in [-0.1, -0.05) is 41.9 Å². The molecule has 0 aliphatic rings. The molecule has 0 amide bonds. The average molecular weight is 311 g/mol. The Morgan fingerprint density at radius 3 is 2.12 bits per heavy atom. The molecule has 5 heteroatoms. The van der Waals surface area contributed by atoms with E-state index in [-0.39, 0.29) is 5.75 Å². The van der Waals surface area contributed by atoms with Crippen molar-refractivity contribution in [2.24, 2.45) is 5.92 Å². The Morgan fingerprint density at radius 1 is 1.18 bits per heavy atom.